The van der Waals surface area contributed by atoms with Gasteiger partial charge < -0.3 is 25.4 Å². The van der Waals surface area contributed by atoms with Gasteiger partial charge in [0.05, 0.1) is 24.6 Å². The second-order valence-electron chi connectivity index (χ2n) is 6.97. The third kappa shape index (κ3) is 5.78. The molecule has 1 saturated heterocycles. The number of hydrogen-bond donors (Lipinski definition) is 3. The maximum Gasteiger partial charge on any atom is 0.319 e. The van der Waals surface area contributed by atoms with Gasteiger partial charge in [-0.25, -0.2) is 4.79 Å². The van der Waals surface area contributed by atoms with Gasteiger partial charge in [0.15, 0.2) is 0 Å². The molecule has 1 aliphatic heterocycles. The summed E-state index contributed by atoms with van der Waals surface area (Å²) in [5.74, 6) is 0.256. The van der Waals surface area contributed by atoms with E-state index in [0.717, 1.165) is 37.2 Å². The van der Waals surface area contributed by atoms with Gasteiger partial charge in [-0.05, 0) is 55.7 Å². The predicted molar refractivity (Wildman–Crippen MR) is 113 cm³/mol. The van der Waals surface area contributed by atoms with Gasteiger partial charge in [0.2, 0.25) is 0 Å². The Kier molecular flexibility index (Phi) is 7.01. The van der Waals surface area contributed by atoms with Crippen LogP contribution in [-0.2, 0) is 11.2 Å². The van der Waals surface area contributed by atoms with Gasteiger partial charge in [0.25, 0.3) is 0 Å². The monoisotopic (exact) mass is 403 g/mol. The van der Waals surface area contributed by atoms with E-state index in [2.05, 4.69) is 15.5 Å². The minimum Gasteiger partial charge on any atom is -0.508 e. The van der Waals surface area contributed by atoms with Gasteiger partial charge in [-0.15, -0.1) is 0 Å². The number of carbonyl (C=O) groups is 1. The van der Waals surface area contributed by atoms with Crippen molar-refractivity contribution in [3.63, 3.8) is 0 Å². The molecule has 0 radical (unpaired) electrons. The van der Waals surface area contributed by atoms with E-state index in [9.17, 15) is 9.90 Å². The van der Waals surface area contributed by atoms with E-state index in [1.54, 1.807) is 18.2 Å². The zero-order valence-electron chi connectivity index (χ0n) is 16.0. The maximum atomic E-state index is 12.5. The molecule has 0 unspecified atom stereocenters. The molecule has 150 valence electrons. The quantitative estimate of drug-likeness (QED) is 0.681. The highest BCUT2D eigenvalue weighted by Gasteiger charge is 2.17. The molecule has 0 aromatic heterocycles. The summed E-state index contributed by atoms with van der Waals surface area (Å²) >= 11 is 6.14. The average molecular weight is 404 g/mol. The van der Waals surface area contributed by atoms with Crippen molar-refractivity contribution in [3.05, 3.63) is 53.1 Å². The molecular weight excluding hydrogens is 378 g/mol. The van der Waals surface area contributed by atoms with Crippen molar-refractivity contribution in [2.24, 2.45) is 0 Å². The van der Waals surface area contributed by atoms with Gasteiger partial charge in [-0.3, -0.25) is 0 Å². The highest BCUT2D eigenvalue weighted by atomic mass is 35.5. The third-order valence-corrected chi connectivity index (χ3v) is 4.97. The smallest absolute Gasteiger partial charge is 0.319 e. The minimum atomic E-state index is -0.255. The Hall–Kier alpha value is -2.44. The van der Waals surface area contributed by atoms with Crippen LogP contribution < -0.4 is 15.5 Å². The molecule has 1 heterocycles. The number of nitrogens with one attached hydrogen (secondary N) is 2. The summed E-state index contributed by atoms with van der Waals surface area (Å²) in [6, 6.07) is 12.4. The fourth-order valence-electron chi connectivity index (χ4n) is 3.19. The van der Waals surface area contributed by atoms with Crippen LogP contribution in [0.15, 0.2) is 42.5 Å². The van der Waals surface area contributed by atoms with E-state index in [0.29, 0.717) is 23.9 Å². The van der Waals surface area contributed by atoms with Crippen LogP contribution in [0, 0.1) is 0 Å². The van der Waals surface area contributed by atoms with Crippen LogP contribution in [-0.4, -0.2) is 43.5 Å². The fraction of sp³-hybridized carbons (Fsp3) is 0.381. The van der Waals surface area contributed by atoms with Crippen molar-refractivity contribution in [3.8, 4) is 5.75 Å². The SMILES string of the molecule is C[C@H](CCc1ccc(O)cc1)NC(=O)Nc1cc(Cl)ccc1N1CCOCC1. The Morgan fingerprint density at radius 3 is 2.64 bits per heavy atom. The lowest BCUT2D eigenvalue weighted by Gasteiger charge is -2.30. The van der Waals surface area contributed by atoms with Crippen molar-refractivity contribution in [1.82, 2.24) is 5.32 Å². The lowest BCUT2D eigenvalue weighted by molar-refractivity contribution is 0.123. The molecule has 1 fully saturated rings. The summed E-state index contributed by atoms with van der Waals surface area (Å²) in [4.78, 5) is 14.7. The van der Waals surface area contributed by atoms with Crippen molar-refractivity contribution >= 4 is 29.0 Å². The number of rotatable bonds is 6. The molecule has 1 atom stereocenters. The minimum absolute atomic E-state index is 0.000163. The number of nitrogens with zero attached hydrogens (tertiary/aromatic N) is 1. The number of aryl methyl sites for hydroxylation is 1. The Morgan fingerprint density at radius 1 is 1.21 bits per heavy atom. The van der Waals surface area contributed by atoms with Gasteiger partial charge >= 0.3 is 6.03 Å². The number of halogens is 1. The van der Waals surface area contributed by atoms with Gasteiger partial charge in [-0.1, -0.05) is 23.7 Å². The van der Waals surface area contributed by atoms with Gasteiger partial charge in [0.1, 0.15) is 5.75 Å². The zero-order valence-corrected chi connectivity index (χ0v) is 16.7. The molecule has 7 heteroatoms. The molecule has 0 bridgehead atoms. The lowest BCUT2D eigenvalue weighted by Crippen LogP contribution is -2.39. The molecule has 6 nitrogen and oxygen atoms in total. The van der Waals surface area contributed by atoms with Crippen LogP contribution >= 0.6 is 11.6 Å². The first-order chi connectivity index (χ1) is 13.5. The summed E-state index contributed by atoms with van der Waals surface area (Å²) in [5.41, 5.74) is 2.76. The van der Waals surface area contributed by atoms with Crippen molar-refractivity contribution < 1.29 is 14.6 Å². The molecule has 3 rings (SSSR count). The molecule has 1 aliphatic rings. The molecule has 2 aromatic rings. The Labute approximate surface area is 170 Å². The number of phenolic OH excluding ortho intramolecular Hbond substituents is 1. The van der Waals surface area contributed by atoms with Gasteiger partial charge in [-0.2, -0.15) is 0 Å². The average Bonchev–Trinajstić information content (AvgIpc) is 2.68. The summed E-state index contributed by atoms with van der Waals surface area (Å²) in [7, 11) is 0. The molecule has 2 amide bonds. The largest absolute Gasteiger partial charge is 0.508 e. The zero-order chi connectivity index (χ0) is 19.9. The number of hydrogen-bond acceptors (Lipinski definition) is 4. The lowest BCUT2D eigenvalue weighted by atomic mass is 10.1. The summed E-state index contributed by atoms with van der Waals surface area (Å²) < 4.78 is 5.41. The number of aromatic hydroxyl groups is 1. The number of anilines is 2. The molecular formula is C21H26ClN3O3. The van der Waals surface area contributed by atoms with E-state index < -0.39 is 0 Å². The van der Waals surface area contributed by atoms with E-state index in [-0.39, 0.29) is 17.8 Å². The van der Waals surface area contributed by atoms with Crippen molar-refractivity contribution in [1.29, 1.82) is 0 Å². The van der Waals surface area contributed by atoms with E-state index in [4.69, 9.17) is 16.3 Å². The summed E-state index contributed by atoms with van der Waals surface area (Å²) in [5, 5.41) is 15.8. The number of phenols is 1. The van der Waals surface area contributed by atoms with Crippen LogP contribution in [0.4, 0.5) is 16.2 Å². The highest BCUT2D eigenvalue weighted by Crippen LogP contribution is 2.29. The molecule has 3 N–H and O–H groups in total. The second kappa shape index (κ2) is 9.66. The predicted octanol–water partition coefficient (Wildman–Crippen LogP) is 4.03. The molecule has 0 saturated carbocycles. The fourth-order valence-corrected chi connectivity index (χ4v) is 3.36. The first-order valence-electron chi connectivity index (χ1n) is 9.49. The van der Waals surface area contributed by atoms with Crippen LogP contribution in [0.2, 0.25) is 5.02 Å². The summed E-state index contributed by atoms with van der Waals surface area (Å²) in [6.07, 6.45) is 1.61. The van der Waals surface area contributed by atoms with Crippen LogP contribution in [0.5, 0.6) is 5.75 Å². The topological polar surface area (TPSA) is 73.8 Å². The number of ether oxygens (including phenoxy) is 1. The van der Waals surface area contributed by atoms with Crippen LogP contribution in [0.3, 0.4) is 0 Å². The van der Waals surface area contributed by atoms with Crippen molar-refractivity contribution in [2.75, 3.05) is 36.5 Å². The summed E-state index contributed by atoms with van der Waals surface area (Å²) in [6.45, 7) is 4.87. The normalized spacial score (nSPS) is 15.1. The first kappa shape index (κ1) is 20.3. The molecule has 0 aliphatic carbocycles. The number of morpholine rings is 1. The maximum absolute atomic E-state index is 12.5. The standard InChI is InChI=1S/C21H26ClN3O3/c1-15(2-3-16-4-7-18(26)8-5-16)23-21(27)24-19-14-17(22)6-9-20(19)25-10-12-28-13-11-25/h4-9,14-15,26H,2-3,10-13H2,1H3,(H2,23,24,27)/t15-/m1/s1. The molecule has 28 heavy (non-hydrogen) atoms. The number of amides is 2. The van der Waals surface area contributed by atoms with Crippen molar-refractivity contribution in [2.45, 2.75) is 25.8 Å². The third-order valence-electron chi connectivity index (χ3n) is 4.74. The molecule has 0 spiro atoms. The second-order valence-corrected chi connectivity index (χ2v) is 7.40. The Balaban J connectivity index is 1.56. The highest BCUT2D eigenvalue weighted by molar-refractivity contribution is 6.31. The van der Waals surface area contributed by atoms with Crippen LogP contribution in [0.1, 0.15) is 18.9 Å². The number of carbonyl (C=O) groups excluding carboxylic acids is 1. The van der Waals surface area contributed by atoms with Gasteiger partial charge in [0, 0.05) is 24.2 Å². The van der Waals surface area contributed by atoms with Crippen LogP contribution in [0.25, 0.3) is 0 Å². The van der Waals surface area contributed by atoms with E-state index in [1.165, 1.54) is 0 Å². The van der Waals surface area contributed by atoms with E-state index >= 15 is 0 Å². The molecule has 2 aromatic carbocycles. The first-order valence-corrected chi connectivity index (χ1v) is 9.87. The number of benzene rings is 2. The Bertz CT molecular complexity index is 792. The number of urea groups is 1. The van der Waals surface area contributed by atoms with E-state index in [1.807, 2.05) is 31.2 Å². The Morgan fingerprint density at radius 2 is 1.93 bits per heavy atom.